The highest BCUT2D eigenvalue weighted by Crippen LogP contribution is 2.28. The van der Waals surface area contributed by atoms with Gasteiger partial charge >= 0.3 is 0 Å². The van der Waals surface area contributed by atoms with Crippen molar-refractivity contribution in [1.82, 2.24) is 10.2 Å². The van der Waals surface area contributed by atoms with Crippen LogP contribution in [-0.4, -0.2) is 44.2 Å². The number of ether oxygens (including phenoxy) is 2. The maximum atomic E-state index is 12.3. The molecule has 5 nitrogen and oxygen atoms in total. The SMILES string of the molecule is COc1ccc(CCN2C(=O)CCC2CCNCc2ccccc2)cc1OC. The lowest BCUT2D eigenvalue weighted by atomic mass is 10.1. The third-order valence-corrected chi connectivity index (χ3v) is 5.37. The number of amides is 1. The Kier molecular flexibility index (Phi) is 7.31. The molecule has 1 unspecified atom stereocenters. The molecule has 1 amide bonds. The van der Waals surface area contributed by atoms with Crippen LogP contribution in [0.3, 0.4) is 0 Å². The molecule has 2 aromatic rings. The van der Waals surface area contributed by atoms with Crippen molar-refractivity contribution in [3.8, 4) is 11.5 Å². The first-order valence-electron chi connectivity index (χ1n) is 9.96. The van der Waals surface area contributed by atoms with Gasteiger partial charge in [-0.2, -0.15) is 0 Å². The van der Waals surface area contributed by atoms with Gasteiger partial charge in [-0.05, 0) is 49.1 Å². The molecule has 3 rings (SSSR count). The first-order chi connectivity index (χ1) is 13.7. The first kappa shape index (κ1) is 20.2. The Labute approximate surface area is 167 Å². The molecule has 5 heteroatoms. The monoisotopic (exact) mass is 382 g/mol. The van der Waals surface area contributed by atoms with Gasteiger partial charge in [0.25, 0.3) is 0 Å². The Morgan fingerprint density at radius 2 is 1.82 bits per heavy atom. The van der Waals surface area contributed by atoms with E-state index in [0.717, 1.165) is 56.0 Å². The molecule has 1 atom stereocenters. The highest BCUT2D eigenvalue weighted by molar-refractivity contribution is 5.78. The van der Waals surface area contributed by atoms with Crippen LogP contribution in [0.15, 0.2) is 48.5 Å². The van der Waals surface area contributed by atoms with Crippen LogP contribution >= 0.6 is 0 Å². The van der Waals surface area contributed by atoms with Crippen LogP contribution < -0.4 is 14.8 Å². The third kappa shape index (κ3) is 5.26. The number of carbonyl (C=O) groups is 1. The van der Waals surface area contributed by atoms with Crippen molar-refractivity contribution in [3.63, 3.8) is 0 Å². The second kappa shape index (κ2) is 10.1. The molecular formula is C23H30N2O3. The molecular weight excluding hydrogens is 352 g/mol. The van der Waals surface area contributed by atoms with Gasteiger partial charge in [0.15, 0.2) is 11.5 Å². The number of hydrogen-bond donors (Lipinski definition) is 1. The van der Waals surface area contributed by atoms with Crippen LogP contribution in [0.1, 0.15) is 30.4 Å². The molecule has 150 valence electrons. The molecule has 2 aromatic carbocycles. The Morgan fingerprint density at radius 1 is 1.04 bits per heavy atom. The average molecular weight is 383 g/mol. The summed E-state index contributed by atoms with van der Waals surface area (Å²) in [4.78, 5) is 14.4. The summed E-state index contributed by atoms with van der Waals surface area (Å²) in [6, 6.07) is 16.7. The van der Waals surface area contributed by atoms with Crippen LogP contribution in [0.25, 0.3) is 0 Å². The van der Waals surface area contributed by atoms with Crippen LogP contribution in [0.4, 0.5) is 0 Å². The van der Waals surface area contributed by atoms with Crippen molar-refractivity contribution in [2.75, 3.05) is 27.3 Å². The zero-order valence-electron chi connectivity index (χ0n) is 16.8. The number of nitrogens with zero attached hydrogens (tertiary/aromatic N) is 1. The van der Waals surface area contributed by atoms with Gasteiger partial charge in [-0.15, -0.1) is 0 Å². The van der Waals surface area contributed by atoms with Crippen molar-refractivity contribution >= 4 is 5.91 Å². The molecule has 1 aliphatic heterocycles. The van der Waals surface area contributed by atoms with Crippen LogP contribution in [0.5, 0.6) is 11.5 Å². The molecule has 28 heavy (non-hydrogen) atoms. The number of benzene rings is 2. The van der Waals surface area contributed by atoms with Gasteiger partial charge in [0.05, 0.1) is 14.2 Å². The summed E-state index contributed by atoms with van der Waals surface area (Å²) in [5, 5.41) is 3.50. The third-order valence-electron chi connectivity index (χ3n) is 5.37. The van der Waals surface area contributed by atoms with E-state index < -0.39 is 0 Å². The van der Waals surface area contributed by atoms with Gasteiger partial charge in [-0.1, -0.05) is 36.4 Å². The van der Waals surface area contributed by atoms with Gasteiger partial charge in [-0.25, -0.2) is 0 Å². The lowest BCUT2D eigenvalue weighted by Crippen LogP contribution is -2.36. The molecule has 1 fully saturated rings. The minimum atomic E-state index is 0.272. The average Bonchev–Trinajstić information content (AvgIpc) is 3.09. The molecule has 1 heterocycles. The Morgan fingerprint density at radius 3 is 2.57 bits per heavy atom. The van der Waals surface area contributed by atoms with E-state index in [4.69, 9.17) is 9.47 Å². The summed E-state index contributed by atoms with van der Waals surface area (Å²) in [5.41, 5.74) is 2.44. The van der Waals surface area contributed by atoms with Crippen molar-refractivity contribution in [2.24, 2.45) is 0 Å². The minimum absolute atomic E-state index is 0.272. The second-order valence-electron chi connectivity index (χ2n) is 7.17. The number of carbonyl (C=O) groups excluding carboxylic acids is 1. The quantitative estimate of drug-likeness (QED) is 0.640. The van der Waals surface area contributed by atoms with Crippen molar-refractivity contribution < 1.29 is 14.3 Å². The van der Waals surface area contributed by atoms with Gasteiger partial charge in [-0.3, -0.25) is 4.79 Å². The summed E-state index contributed by atoms with van der Waals surface area (Å²) in [6.07, 6.45) is 3.43. The first-order valence-corrected chi connectivity index (χ1v) is 9.96. The van der Waals surface area contributed by atoms with E-state index in [1.807, 2.05) is 24.3 Å². The van der Waals surface area contributed by atoms with E-state index in [1.165, 1.54) is 5.56 Å². The maximum Gasteiger partial charge on any atom is 0.222 e. The molecule has 1 saturated heterocycles. The maximum absolute atomic E-state index is 12.3. The predicted molar refractivity (Wildman–Crippen MR) is 111 cm³/mol. The van der Waals surface area contributed by atoms with E-state index in [9.17, 15) is 4.79 Å². The summed E-state index contributed by atoms with van der Waals surface area (Å²) in [7, 11) is 3.28. The smallest absolute Gasteiger partial charge is 0.222 e. The fourth-order valence-corrected chi connectivity index (χ4v) is 3.78. The summed E-state index contributed by atoms with van der Waals surface area (Å²) in [6.45, 7) is 2.53. The zero-order chi connectivity index (χ0) is 19.8. The summed E-state index contributed by atoms with van der Waals surface area (Å²) < 4.78 is 10.7. The van der Waals surface area contributed by atoms with Crippen molar-refractivity contribution in [3.05, 3.63) is 59.7 Å². The van der Waals surface area contributed by atoms with Gasteiger partial charge in [0.1, 0.15) is 0 Å². The summed E-state index contributed by atoms with van der Waals surface area (Å²) >= 11 is 0. The molecule has 0 saturated carbocycles. The number of nitrogens with one attached hydrogen (secondary N) is 1. The second-order valence-corrected chi connectivity index (χ2v) is 7.17. The molecule has 0 aliphatic carbocycles. The van der Waals surface area contributed by atoms with Crippen LogP contribution in [0.2, 0.25) is 0 Å². The molecule has 0 spiro atoms. The molecule has 0 bridgehead atoms. The fraction of sp³-hybridized carbons (Fsp3) is 0.435. The topological polar surface area (TPSA) is 50.8 Å². The Balaban J connectivity index is 1.48. The summed E-state index contributed by atoms with van der Waals surface area (Å²) in [5.74, 6) is 1.73. The highest BCUT2D eigenvalue weighted by atomic mass is 16.5. The molecule has 0 aromatic heterocycles. The van der Waals surface area contributed by atoms with Gasteiger partial charge < -0.3 is 19.7 Å². The lowest BCUT2D eigenvalue weighted by Gasteiger charge is -2.25. The minimum Gasteiger partial charge on any atom is -0.493 e. The van der Waals surface area contributed by atoms with Crippen LogP contribution in [-0.2, 0) is 17.8 Å². The standard InChI is InChI=1S/C23H30N2O3/c1-27-21-10-8-18(16-22(21)28-2)13-15-25-20(9-11-23(25)26)12-14-24-17-19-6-4-3-5-7-19/h3-8,10,16,20,24H,9,11-15,17H2,1-2H3. The fourth-order valence-electron chi connectivity index (χ4n) is 3.78. The molecule has 0 radical (unpaired) electrons. The predicted octanol–water partition coefficient (Wildman–Crippen LogP) is 3.42. The van der Waals surface area contributed by atoms with Gasteiger partial charge in [0.2, 0.25) is 5.91 Å². The lowest BCUT2D eigenvalue weighted by molar-refractivity contribution is -0.129. The van der Waals surface area contributed by atoms with E-state index in [0.29, 0.717) is 12.5 Å². The normalized spacial score (nSPS) is 16.4. The number of methoxy groups -OCH3 is 2. The Bertz CT molecular complexity index is 764. The van der Waals surface area contributed by atoms with Crippen LogP contribution in [0, 0.1) is 0 Å². The largest absolute Gasteiger partial charge is 0.493 e. The van der Waals surface area contributed by atoms with E-state index in [-0.39, 0.29) is 5.91 Å². The van der Waals surface area contributed by atoms with E-state index in [1.54, 1.807) is 14.2 Å². The van der Waals surface area contributed by atoms with Crippen molar-refractivity contribution in [2.45, 2.75) is 38.3 Å². The highest BCUT2D eigenvalue weighted by Gasteiger charge is 2.29. The van der Waals surface area contributed by atoms with E-state index in [2.05, 4.69) is 34.5 Å². The van der Waals surface area contributed by atoms with Gasteiger partial charge in [0, 0.05) is 25.6 Å². The Hall–Kier alpha value is -2.53. The molecule has 1 aliphatic rings. The number of hydrogen-bond acceptors (Lipinski definition) is 4. The molecule has 1 N–H and O–H groups in total. The number of likely N-dealkylation sites (tertiary alicyclic amines) is 1. The number of rotatable bonds is 10. The van der Waals surface area contributed by atoms with E-state index >= 15 is 0 Å². The van der Waals surface area contributed by atoms with Crippen molar-refractivity contribution in [1.29, 1.82) is 0 Å². The zero-order valence-corrected chi connectivity index (χ0v) is 16.8.